The van der Waals surface area contributed by atoms with Crippen molar-refractivity contribution in [1.29, 1.82) is 0 Å². The zero-order valence-corrected chi connectivity index (χ0v) is 36.2. The van der Waals surface area contributed by atoms with E-state index in [1.54, 1.807) is 65.0 Å². The van der Waals surface area contributed by atoms with Crippen LogP contribution in [0.25, 0.3) is 0 Å². The minimum absolute atomic E-state index is 0.0119. The Morgan fingerprint density at radius 1 is 0.767 bits per heavy atom. The van der Waals surface area contributed by atoms with Gasteiger partial charge in [0.2, 0.25) is 41.4 Å². The highest BCUT2D eigenvalue weighted by molar-refractivity contribution is 5.99. The first-order valence-corrected chi connectivity index (χ1v) is 20.5. The molecule has 2 aliphatic heterocycles. The largest absolute Gasteiger partial charge is 0.394 e. The van der Waals surface area contributed by atoms with Gasteiger partial charge in [0.05, 0.1) is 30.5 Å². The van der Waals surface area contributed by atoms with Gasteiger partial charge in [-0.25, -0.2) is 0 Å². The van der Waals surface area contributed by atoms with Crippen molar-refractivity contribution in [2.75, 3.05) is 19.8 Å². The topological polar surface area (TPSA) is 234 Å². The first-order valence-electron chi connectivity index (χ1n) is 20.5. The smallest absolute Gasteiger partial charge is 0.245 e. The quantitative estimate of drug-likeness (QED) is 0.136. The minimum atomic E-state index is -1.62. The van der Waals surface area contributed by atoms with Crippen LogP contribution in [0.15, 0.2) is 55.6 Å². The van der Waals surface area contributed by atoms with Gasteiger partial charge in [-0.05, 0) is 65.9 Å². The van der Waals surface area contributed by atoms with Crippen LogP contribution < -0.4 is 31.9 Å². The second kappa shape index (κ2) is 21.9. The highest BCUT2D eigenvalue weighted by Gasteiger charge is 2.41. The monoisotopic (exact) mass is 839 g/mol. The summed E-state index contributed by atoms with van der Waals surface area (Å²) in [6.45, 7) is 19.8. The Kier molecular flexibility index (Phi) is 18.0. The SMILES string of the molecule is C=CC(C)(C)OC[C@@H]1NC(=O)[C@H]([C@@H](C)OC(C)(C)C=C)NC(=O)[C@@H](CO)NC(=O)[C@@H](Cc2ccccc2)NC(=O)[C@@H]2CCCN2C(=O)[C@H](C)NC(=O)[C@H]([C@@H](C)CC)NC1=O. The second-order valence-corrected chi connectivity index (χ2v) is 16.6. The number of fused-ring (bicyclic) bond motifs is 1. The van der Waals surface area contributed by atoms with E-state index >= 15 is 0 Å². The molecule has 17 heteroatoms. The standard InChI is InChI=1S/C43H65N7O10/c1-11-25(4)33-39(56)44-26(5)41(58)50-21-17-20-32(50)38(55)45-29(22-28-18-15-14-16-19-28)35(52)46-30(23-51)36(53)49-34(27(6)60-43(9,10)13-3)40(57)47-31(37(54)48-33)24-59-42(7,8)12-2/h12-16,18-19,25-27,29-34,51H,2-3,11,17,20-24H2,1,4-10H3,(H,44,56)(H,45,55)(H,46,52)(H,47,57)(H,48,54)(H,49,53)/t25-,26-,27+,29+,30+,31-,32-,33-,34-/m0/s1. The molecule has 3 rings (SSSR count). The van der Waals surface area contributed by atoms with Crippen LogP contribution in [0.4, 0.5) is 0 Å². The molecule has 0 saturated carbocycles. The summed E-state index contributed by atoms with van der Waals surface area (Å²) in [6.07, 6.45) is 3.10. The Balaban J connectivity index is 2.16. The molecular formula is C43H65N7O10. The molecule has 9 atom stereocenters. The zero-order chi connectivity index (χ0) is 44.9. The highest BCUT2D eigenvalue weighted by atomic mass is 16.5. The third kappa shape index (κ3) is 13.7. The van der Waals surface area contributed by atoms with Gasteiger partial charge in [-0.15, -0.1) is 13.2 Å². The van der Waals surface area contributed by atoms with Gasteiger partial charge in [0.15, 0.2) is 0 Å². The van der Waals surface area contributed by atoms with Gasteiger partial charge >= 0.3 is 0 Å². The summed E-state index contributed by atoms with van der Waals surface area (Å²) in [7, 11) is 0. The van der Waals surface area contributed by atoms with Crippen molar-refractivity contribution in [3.8, 4) is 0 Å². The van der Waals surface area contributed by atoms with Crippen LogP contribution >= 0.6 is 0 Å². The Morgan fingerprint density at radius 2 is 1.32 bits per heavy atom. The molecular weight excluding hydrogens is 775 g/mol. The first-order chi connectivity index (χ1) is 28.2. The summed E-state index contributed by atoms with van der Waals surface area (Å²) in [4.78, 5) is 99.5. The van der Waals surface area contributed by atoms with E-state index in [9.17, 15) is 38.7 Å². The van der Waals surface area contributed by atoms with E-state index in [0.29, 0.717) is 18.4 Å². The lowest BCUT2D eigenvalue weighted by atomic mass is 9.97. The number of hydrogen-bond acceptors (Lipinski definition) is 10. The van der Waals surface area contributed by atoms with Crippen LogP contribution in [0, 0.1) is 5.92 Å². The summed E-state index contributed by atoms with van der Waals surface area (Å²) >= 11 is 0. The lowest BCUT2D eigenvalue weighted by molar-refractivity contribution is -0.142. The first kappa shape index (κ1) is 49.2. The van der Waals surface area contributed by atoms with E-state index in [2.05, 4.69) is 45.1 Å². The number of hydrogen-bond donors (Lipinski definition) is 7. The van der Waals surface area contributed by atoms with E-state index in [0.717, 1.165) is 0 Å². The fourth-order valence-electron chi connectivity index (χ4n) is 6.71. The second-order valence-electron chi connectivity index (χ2n) is 16.6. The van der Waals surface area contributed by atoms with Gasteiger partial charge in [0.1, 0.15) is 42.3 Å². The number of ether oxygens (including phenoxy) is 2. The normalized spacial score (nSPS) is 26.8. The predicted molar refractivity (Wildman–Crippen MR) is 224 cm³/mol. The summed E-state index contributed by atoms with van der Waals surface area (Å²) in [5.74, 6) is -5.80. The van der Waals surface area contributed by atoms with Crippen LogP contribution in [0.3, 0.4) is 0 Å². The molecule has 0 bridgehead atoms. The van der Waals surface area contributed by atoms with Gasteiger partial charge in [-0.1, -0.05) is 62.8 Å². The summed E-state index contributed by atoms with van der Waals surface area (Å²) in [6, 6.07) is -0.346. The summed E-state index contributed by atoms with van der Waals surface area (Å²) in [5.41, 5.74) is -1.29. The lowest BCUT2D eigenvalue weighted by Crippen LogP contribution is -2.63. The highest BCUT2D eigenvalue weighted by Crippen LogP contribution is 2.21. The van der Waals surface area contributed by atoms with Crippen LogP contribution in [-0.4, -0.2) is 131 Å². The Bertz CT molecular complexity index is 1720. The number of carbonyl (C=O) groups excluding carboxylic acids is 7. The Morgan fingerprint density at radius 3 is 1.92 bits per heavy atom. The molecule has 0 aromatic heterocycles. The Hall–Kier alpha value is -5.13. The van der Waals surface area contributed by atoms with Gasteiger partial charge in [0, 0.05) is 13.0 Å². The zero-order valence-electron chi connectivity index (χ0n) is 36.2. The number of carbonyl (C=O) groups is 7. The van der Waals surface area contributed by atoms with Crippen molar-refractivity contribution in [2.24, 2.45) is 5.92 Å². The lowest BCUT2D eigenvalue weighted by Gasteiger charge is -2.33. The maximum atomic E-state index is 14.3. The molecule has 2 saturated heterocycles. The number of benzene rings is 1. The molecule has 1 aromatic rings. The minimum Gasteiger partial charge on any atom is -0.394 e. The molecule has 0 aliphatic carbocycles. The molecule has 2 aliphatic rings. The van der Waals surface area contributed by atoms with E-state index in [-0.39, 0.29) is 19.4 Å². The van der Waals surface area contributed by atoms with E-state index < -0.39 is 120 Å². The molecule has 1 aromatic carbocycles. The maximum Gasteiger partial charge on any atom is 0.245 e. The van der Waals surface area contributed by atoms with E-state index in [1.165, 1.54) is 30.9 Å². The summed E-state index contributed by atoms with van der Waals surface area (Å²) < 4.78 is 12.1. The van der Waals surface area contributed by atoms with Crippen molar-refractivity contribution in [3.05, 3.63) is 61.2 Å². The molecule has 2 fully saturated rings. The molecule has 0 unspecified atom stereocenters. The van der Waals surface area contributed by atoms with Crippen LogP contribution in [0.5, 0.6) is 0 Å². The van der Waals surface area contributed by atoms with Crippen molar-refractivity contribution in [2.45, 2.75) is 141 Å². The molecule has 60 heavy (non-hydrogen) atoms. The maximum absolute atomic E-state index is 14.3. The van der Waals surface area contributed by atoms with Crippen LogP contribution in [0.2, 0.25) is 0 Å². The van der Waals surface area contributed by atoms with Gasteiger partial charge in [-0.3, -0.25) is 33.6 Å². The van der Waals surface area contributed by atoms with Crippen LogP contribution in [-0.2, 0) is 49.5 Å². The molecule has 7 N–H and O–H groups in total. The molecule has 7 amide bonds. The van der Waals surface area contributed by atoms with Crippen molar-refractivity contribution >= 4 is 41.4 Å². The fourth-order valence-corrected chi connectivity index (χ4v) is 6.71. The number of aliphatic hydroxyl groups excluding tert-OH is 1. The van der Waals surface area contributed by atoms with Crippen LogP contribution in [0.1, 0.15) is 80.2 Å². The molecule has 0 radical (unpaired) electrons. The fraction of sp³-hybridized carbons (Fsp3) is 0.605. The van der Waals surface area contributed by atoms with Gasteiger partial charge in [-0.2, -0.15) is 0 Å². The van der Waals surface area contributed by atoms with E-state index in [1.807, 2.05) is 6.92 Å². The van der Waals surface area contributed by atoms with Gasteiger partial charge < -0.3 is 51.4 Å². The van der Waals surface area contributed by atoms with Crippen molar-refractivity contribution in [1.82, 2.24) is 36.8 Å². The van der Waals surface area contributed by atoms with Gasteiger partial charge in [0.25, 0.3) is 0 Å². The number of amides is 7. The number of nitrogens with one attached hydrogen (secondary N) is 6. The third-order valence-corrected chi connectivity index (χ3v) is 10.9. The molecule has 332 valence electrons. The molecule has 17 nitrogen and oxygen atoms in total. The average molecular weight is 840 g/mol. The Labute approximate surface area is 353 Å². The van der Waals surface area contributed by atoms with Crippen molar-refractivity contribution < 1.29 is 48.1 Å². The predicted octanol–water partition coefficient (Wildman–Crippen LogP) is 0.552. The average Bonchev–Trinajstić information content (AvgIpc) is 3.71. The third-order valence-electron chi connectivity index (χ3n) is 10.9. The van der Waals surface area contributed by atoms with E-state index in [4.69, 9.17) is 9.47 Å². The summed E-state index contributed by atoms with van der Waals surface area (Å²) in [5, 5.41) is 26.3. The van der Waals surface area contributed by atoms with Crippen molar-refractivity contribution in [3.63, 3.8) is 0 Å². The number of aliphatic hydroxyl groups is 1. The molecule has 0 spiro atoms. The number of rotatable bonds is 13. The number of nitrogens with zero attached hydrogens (tertiary/aromatic N) is 1. The molecule has 2 heterocycles.